The molecule has 364 valence electrons. The van der Waals surface area contributed by atoms with Crippen molar-refractivity contribution in [1.29, 1.82) is 0 Å². The summed E-state index contributed by atoms with van der Waals surface area (Å²) in [6, 6.07) is 0. The Morgan fingerprint density at radius 3 is 1.23 bits per heavy atom. The second-order valence-corrected chi connectivity index (χ2v) is 22.3. The largest absolute Gasteiger partial charge is 0.392 e. The highest BCUT2D eigenvalue weighted by molar-refractivity contribution is 5.32. The van der Waals surface area contributed by atoms with E-state index in [0.717, 1.165) is 24.0 Å². The minimum Gasteiger partial charge on any atom is -0.392 e. The molecule has 0 aromatic heterocycles. The summed E-state index contributed by atoms with van der Waals surface area (Å²) in [4.78, 5) is 0. The van der Waals surface area contributed by atoms with Crippen LogP contribution in [0.1, 0.15) is 158 Å². The van der Waals surface area contributed by atoms with E-state index in [2.05, 4.69) is 52.0 Å². The summed E-state index contributed by atoms with van der Waals surface area (Å²) < 4.78 is 12.4. The first-order valence-electron chi connectivity index (χ1n) is 24.9. The molecule has 6 unspecified atom stereocenters. The van der Waals surface area contributed by atoms with Gasteiger partial charge in [0.1, 0.15) is 0 Å². The Morgan fingerprint density at radius 1 is 0.578 bits per heavy atom. The van der Waals surface area contributed by atoms with Gasteiger partial charge in [-0.3, -0.25) is 0 Å². The molecule has 0 amide bonds. The standard InChI is InChI=1S/2C27H44O5/c2*1-18(32-15-13-26(2,3)31)22-9-10-23-20(6-5-12-27(22,23)4)8-7-19-16-24(29)21(11-14-28)25(30)17-19/h2*7-8,11,18,22-25,28-31H,5-6,9-10,12-17H2,1-4H3/b2*19-7?,20-8+,21-11?/t2*18-,22?,23?,24-,25-,27?/m11/s1. The van der Waals surface area contributed by atoms with Crippen molar-refractivity contribution >= 4 is 0 Å². The van der Waals surface area contributed by atoms with Crippen LogP contribution < -0.4 is 0 Å². The maximum Gasteiger partial charge on any atom is 0.0813 e. The third-order valence-electron chi connectivity index (χ3n) is 16.5. The highest BCUT2D eigenvalue weighted by atomic mass is 16.5. The van der Waals surface area contributed by atoms with Gasteiger partial charge >= 0.3 is 0 Å². The summed E-state index contributed by atoms with van der Waals surface area (Å²) >= 11 is 0. The molecule has 10 nitrogen and oxygen atoms in total. The number of hydrogen-bond acceptors (Lipinski definition) is 10. The minimum absolute atomic E-state index is 0.159. The first-order chi connectivity index (χ1) is 30.1. The zero-order valence-electron chi connectivity index (χ0n) is 40.8. The van der Waals surface area contributed by atoms with E-state index in [1.165, 1.54) is 74.7 Å². The molecule has 0 bridgehead atoms. The molecule has 6 rings (SSSR count). The molecule has 6 fully saturated rings. The molecule has 0 aliphatic heterocycles. The number of aliphatic hydroxyl groups excluding tert-OH is 6. The lowest BCUT2D eigenvalue weighted by Crippen LogP contribution is -2.39. The Labute approximate surface area is 385 Å². The van der Waals surface area contributed by atoms with Crippen LogP contribution in [0.25, 0.3) is 0 Å². The zero-order chi connectivity index (χ0) is 47.0. The highest BCUT2D eigenvalue weighted by Gasteiger charge is 2.52. The quantitative estimate of drug-likeness (QED) is 0.0795. The smallest absolute Gasteiger partial charge is 0.0813 e. The monoisotopic (exact) mass is 897 g/mol. The summed E-state index contributed by atoms with van der Waals surface area (Å²) in [5.74, 6) is 2.16. The molecule has 0 aromatic rings. The number of allylic oxidation sites excluding steroid dienone is 6. The van der Waals surface area contributed by atoms with Gasteiger partial charge in [0.05, 0.1) is 61.0 Å². The number of ether oxygens (including phenoxy) is 2. The van der Waals surface area contributed by atoms with Gasteiger partial charge in [-0.2, -0.15) is 0 Å². The van der Waals surface area contributed by atoms with Crippen molar-refractivity contribution in [3.63, 3.8) is 0 Å². The molecule has 6 aliphatic carbocycles. The van der Waals surface area contributed by atoms with Gasteiger partial charge in [0.15, 0.2) is 0 Å². The van der Waals surface area contributed by atoms with Crippen molar-refractivity contribution in [3.8, 4) is 0 Å². The van der Waals surface area contributed by atoms with Crippen LogP contribution in [0.5, 0.6) is 0 Å². The van der Waals surface area contributed by atoms with E-state index in [4.69, 9.17) is 19.7 Å². The van der Waals surface area contributed by atoms with E-state index in [0.29, 0.717) is 86.6 Å². The predicted octanol–water partition coefficient (Wildman–Crippen LogP) is 8.11. The highest BCUT2D eigenvalue weighted by Crippen LogP contribution is 2.60. The summed E-state index contributed by atoms with van der Waals surface area (Å²) in [5.41, 5.74) is 5.31. The van der Waals surface area contributed by atoms with Crippen molar-refractivity contribution in [3.05, 3.63) is 69.9 Å². The van der Waals surface area contributed by atoms with Crippen molar-refractivity contribution in [2.24, 2.45) is 34.5 Å². The van der Waals surface area contributed by atoms with Crippen molar-refractivity contribution in [1.82, 2.24) is 0 Å². The van der Waals surface area contributed by atoms with E-state index < -0.39 is 35.6 Å². The first kappa shape index (κ1) is 53.0. The lowest BCUT2D eigenvalue weighted by atomic mass is 9.62. The van der Waals surface area contributed by atoms with Crippen LogP contribution >= 0.6 is 0 Å². The SMILES string of the molecule is C[C@@H](OCCC(C)(C)O)C1CCC2/C(=C/C=C3C[C@@H](O)C(=CCO)[C@H](O)C3)CCCC21C.C[C@@H](OCCC(C)(C)O)C1CCC2/C(=C/C=C3C[C@@H](O)C(=CCO)[C@H](O)C3)CCCC21C. The van der Waals surface area contributed by atoms with Crippen LogP contribution in [0.3, 0.4) is 0 Å². The average Bonchev–Trinajstić information content (AvgIpc) is 3.75. The fourth-order valence-corrected chi connectivity index (χ4v) is 12.9. The normalized spacial score (nSPS) is 35.7. The van der Waals surface area contributed by atoms with E-state index in [9.17, 15) is 30.6 Å². The molecule has 0 spiro atoms. The van der Waals surface area contributed by atoms with Crippen molar-refractivity contribution in [2.75, 3.05) is 26.4 Å². The van der Waals surface area contributed by atoms with Gasteiger partial charge in [-0.25, -0.2) is 0 Å². The van der Waals surface area contributed by atoms with Gasteiger partial charge in [0, 0.05) is 13.2 Å². The lowest BCUT2D eigenvalue weighted by Gasteiger charge is -2.44. The molecule has 0 radical (unpaired) electrons. The lowest BCUT2D eigenvalue weighted by molar-refractivity contribution is -0.0459. The zero-order valence-corrected chi connectivity index (χ0v) is 40.8. The molecular formula is C54H88O10. The Morgan fingerprint density at radius 2 is 0.922 bits per heavy atom. The number of hydrogen-bond donors (Lipinski definition) is 8. The molecule has 6 saturated carbocycles. The first-order valence-corrected chi connectivity index (χ1v) is 24.9. The molecule has 8 N–H and O–H groups in total. The van der Waals surface area contributed by atoms with Gasteiger partial charge in [-0.15, -0.1) is 0 Å². The van der Waals surface area contributed by atoms with Crippen LogP contribution in [0.15, 0.2) is 69.9 Å². The van der Waals surface area contributed by atoms with Crippen LogP contribution in [-0.2, 0) is 9.47 Å². The van der Waals surface area contributed by atoms with E-state index in [-0.39, 0.29) is 36.3 Å². The predicted molar refractivity (Wildman–Crippen MR) is 254 cm³/mol. The van der Waals surface area contributed by atoms with E-state index in [1.807, 2.05) is 27.7 Å². The van der Waals surface area contributed by atoms with Crippen molar-refractivity contribution < 1.29 is 50.3 Å². The molecular weight excluding hydrogens is 809 g/mol. The fraction of sp³-hybridized carbons (Fsp3) is 0.778. The minimum atomic E-state index is -0.718. The fourth-order valence-electron chi connectivity index (χ4n) is 12.9. The Balaban J connectivity index is 0.000000241. The van der Waals surface area contributed by atoms with E-state index >= 15 is 0 Å². The molecule has 0 saturated heterocycles. The average molecular weight is 897 g/mol. The van der Waals surface area contributed by atoms with E-state index in [1.54, 1.807) is 0 Å². The van der Waals surface area contributed by atoms with Crippen molar-refractivity contribution in [2.45, 2.75) is 206 Å². The molecule has 64 heavy (non-hydrogen) atoms. The Bertz CT molecular complexity index is 1550. The maximum absolute atomic E-state index is 10.4. The van der Waals surface area contributed by atoms with Gasteiger partial charge in [0.2, 0.25) is 0 Å². The number of fused-ring (bicyclic) bond motifs is 2. The van der Waals surface area contributed by atoms with Gasteiger partial charge in [0.25, 0.3) is 0 Å². The van der Waals surface area contributed by atoms with Crippen LogP contribution in [0, 0.1) is 34.5 Å². The summed E-state index contributed by atoms with van der Waals surface area (Å²) in [6.07, 6.45) is 24.5. The second kappa shape index (κ2) is 22.9. The molecule has 6 aliphatic rings. The summed E-state index contributed by atoms with van der Waals surface area (Å²) in [6.45, 7) is 17.4. The second-order valence-electron chi connectivity index (χ2n) is 22.3. The molecule has 10 heteroatoms. The van der Waals surface area contributed by atoms with Crippen LogP contribution in [-0.4, -0.2) is 115 Å². The maximum atomic E-state index is 10.4. The Kier molecular flexibility index (Phi) is 19.0. The molecule has 0 heterocycles. The Hall–Kier alpha value is -1.96. The summed E-state index contributed by atoms with van der Waals surface area (Å²) in [7, 11) is 0. The molecule has 12 atom stereocenters. The van der Waals surface area contributed by atoms with Crippen LogP contribution in [0.4, 0.5) is 0 Å². The number of aliphatic hydroxyl groups is 8. The van der Waals surface area contributed by atoms with Gasteiger partial charge < -0.3 is 50.3 Å². The topological polar surface area (TPSA) is 180 Å². The van der Waals surface area contributed by atoms with Gasteiger partial charge in [-0.1, -0.05) is 72.6 Å². The number of rotatable bonds is 14. The summed E-state index contributed by atoms with van der Waals surface area (Å²) in [5, 5.41) is 79.6. The van der Waals surface area contributed by atoms with Crippen LogP contribution in [0.2, 0.25) is 0 Å². The third-order valence-corrected chi connectivity index (χ3v) is 16.5. The third kappa shape index (κ3) is 13.6. The molecule has 0 aromatic carbocycles. The van der Waals surface area contributed by atoms with Gasteiger partial charge in [-0.05, 0) is 190 Å².